The Bertz CT molecular complexity index is 584. The molecule has 1 N–H and O–H groups in total. The summed E-state index contributed by atoms with van der Waals surface area (Å²) >= 11 is 0. The molecule has 0 saturated carbocycles. The van der Waals surface area contributed by atoms with Gasteiger partial charge in [0.2, 0.25) is 5.91 Å². The van der Waals surface area contributed by atoms with Gasteiger partial charge in [-0.15, -0.1) is 0 Å². The molecule has 0 aromatic heterocycles. The van der Waals surface area contributed by atoms with E-state index in [1.165, 1.54) is 5.56 Å². The Morgan fingerprint density at radius 1 is 1.04 bits per heavy atom. The first-order valence-electron chi connectivity index (χ1n) is 9.28. The molecule has 2 aliphatic rings. The maximum Gasteiger partial charge on any atom is 0.317 e. The predicted octanol–water partition coefficient (Wildman–Crippen LogP) is 1.52. The molecule has 2 saturated heterocycles. The molecule has 25 heavy (non-hydrogen) atoms. The summed E-state index contributed by atoms with van der Waals surface area (Å²) in [6, 6.07) is 10.3. The monoisotopic (exact) mass is 344 g/mol. The fourth-order valence-electron chi connectivity index (χ4n) is 3.72. The first-order valence-corrected chi connectivity index (χ1v) is 9.28. The van der Waals surface area contributed by atoms with Crippen molar-refractivity contribution in [3.05, 3.63) is 35.9 Å². The molecule has 0 spiro atoms. The number of carbonyl (C=O) groups is 2. The maximum absolute atomic E-state index is 13.0. The van der Waals surface area contributed by atoms with Crippen LogP contribution in [-0.4, -0.2) is 71.9 Å². The lowest BCUT2D eigenvalue weighted by atomic mass is 10.1. The van der Waals surface area contributed by atoms with Crippen LogP contribution in [0.5, 0.6) is 0 Å². The average molecular weight is 344 g/mol. The third-order valence-electron chi connectivity index (χ3n) is 5.08. The molecule has 2 heterocycles. The molecule has 0 aliphatic carbocycles. The van der Waals surface area contributed by atoms with Crippen LogP contribution >= 0.6 is 0 Å². The number of hydrogen-bond donors (Lipinski definition) is 1. The van der Waals surface area contributed by atoms with Crippen molar-refractivity contribution < 1.29 is 9.59 Å². The Morgan fingerprint density at radius 3 is 2.40 bits per heavy atom. The Kier molecular flexibility index (Phi) is 5.91. The maximum atomic E-state index is 13.0. The third-order valence-corrected chi connectivity index (χ3v) is 5.08. The molecule has 2 aliphatic heterocycles. The normalized spacial score (nSPS) is 21.4. The highest BCUT2D eigenvalue weighted by Crippen LogP contribution is 2.22. The number of benzene rings is 1. The first-order chi connectivity index (χ1) is 12.2. The van der Waals surface area contributed by atoms with Gasteiger partial charge in [0, 0.05) is 39.3 Å². The molecule has 3 rings (SSSR count). The standard InChI is InChI=1S/C19H28N4O2/c1-2-20-19(25)22-13-11-21(12-14-22)18(24)17-9-6-10-23(17)15-16-7-4-3-5-8-16/h3-5,7-8,17H,2,6,9-15H2,1H3,(H,20,25). The number of nitrogens with one attached hydrogen (secondary N) is 1. The zero-order valence-electron chi connectivity index (χ0n) is 15.0. The van der Waals surface area contributed by atoms with E-state index in [2.05, 4.69) is 22.3 Å². The molecule has 1 aromatic carbocycles. The van der Waals surface area contributed by atoms with Gasteiger partial charge in [-0.25, -0.2) is 4.79 Å². The van der Waals surface area contributed by atoms with Crippen molar-refractivity contribution in [3.8, 4) is 0 Å². The van der Waals surface area contributed by atoms with Gasteiger partial charge in [0.05, 0.1) is 6.04 Å². The molecular weight excluding hydrogens is 316 g/mol. The summed E-state index contributed by atoms with van der Waals surface area (Å²) in [6.45, 7) is 6.84. The van der Waals surface area contributed by atoms with Gasteiger partial charge < -0.3 is 15.1 Å². The van der Waals surface area contributed by atoms with Crippen LogP contribution in [0.3, 0.4) is 0 Å². The van der Waals surface area contributed by atoms with E-state index in [1.807, 2.05) is 30.0 Å². The van der Waals surface area contributed by atoms with Gasteiger partial charge in [-0.1, -0.05) is 30.3 Å². The topological polar surface area (TPSA) is 55.9 Å². The van der Waals surface area contributed by atoms with Gasteiger partial charge in [-0.3, -0.25) is 9.69 Å². The Labute approximate surface area is 149 Å². The molecule has 3 amide bonds. The van der Waals surface area contributed by atoms with E-state index in [9.17, 15) is 9.59 Å². The number of piperazine rings is 1. The molecule has 0 radical (unpaired) electrons. The van der Waals surface area contributed by atoms with Crippen molar-refractivity contribution in [2.45, 2.75) is 32.4 Å². The first kappa shape index (κ1) is 17.7. The molecule has 1 unspecified atom stereocenters. The van der Waals surface area contributed by atoms with E-state index in [0.717, 1.165) is 25.9 Å². The van der Waals surface area contributed by atoms with E-state index in [1.54, 1.807) is 4.90 Å². The molecule has 6 heteroatoms. The second kappa shape index (κ2) is 8.34. The quantitative estimate of drug-likeness (QED) is 0.901. The zero-order valence-corrected chi connectivity index (χ0v) is 15.0. The molecular formula is C19H28N4O2. The van der Waals surface area contributed by atoms with Gasteiger partial charge in [0.15, 0.2) is 0 Å². The minimum Gasteiger partial charge on any atom is -0.338 e. The second-order valence-electron chi connectivity index (χ2n) is 6.76. The third kappa shape index (κ3) is 4.31. The largest absolute Gasteiger partial charge is 0.338 e. The molecule has 0 bridgehead atoms. The summed E-state index contributed by atoms with van der Waals surface area (Å²) in [7, 11) is 0. The van der Waals surface area contributed by atoms with Crippen LogP contribution in [0.2, 0.25) is 0 Å². The average Bonchev–Trinajstić information content (AvgIpc) is 3.10. The SMILES string of the molecule is CCNC(=O)N1CCN(C(=O)C2CCCN2Cc2ccccc2)CC1. The number of rotatable bonds is 4. The van der Waals surface area contributed by atoms with Crippen LogP contribution < -0.4 is 5.32 Å². The van der Waals surface area contributed by atoms with Crippen molar-refractivity contribution in [2.24, 2.45) is 0 Å². The molecule has 1 atom stereocenters. The fourth-order valence-corrected chi connectivity index (χ4v) is 3.72. The minimum absolute atomic E-state index is 0.0174. The summed E-state index contributed by atoms with van der Waals surface area (Å²) in [5.41, 5.74) is 1.25. The van der Waals surface area contributed by atoms with E-state index < -0.39 is 0 Å². The van der Waals surface area contributed by atoms with Crippen molar-refractivity contribution >= 4 is 11.9 Å². The number of amides is 3. The van der Waals surface area contributed by atoms with E-state index in [4.69, 9.17) is 0 Å². The summed E-state index contributed by atoms with van der Waals surface area (Å²) < 4.78 is 0. The summed E-state index contributed by atoms with van der Waals surface area (Å²) in [5, 5.41) is 2.82. The summed E-state index contributed by atoms with van der Waals surface area (Å²) in [6.07, 6.45) is 2.00. The van der Waals surface area contributed by atoms with Gasteiger partial charge in [-0.2, -0.15) is 0 Å². The Hall–Kier alpha value is -2.08. The second-order valence-corrected chi connectivity index (χ2v) is 6.76. The Morgan fingerprint density at radius 2 is 1.72 bits per heavy atom. The highest BCUT2D eigenvalue weighted by molar-refractivity contribution is 5.82. The van der Waals surface area contributed by atoms with Crippen LogP contribution in [0.15, 0.2) is 30.3 Å². The number of likely N-dealkylation sites (tertiary alicyclic amines) is 1. The van der Waals surface area contributed by atoms with Crippen molar-refractivity contribution in [1.29, 1.82) is 0 Å². The number of hydrogen-bond acceptors (Lipinski definition) is 3. The van der Waals surface area contributed by atoms with Crippen molar-refractivity contribution in [1.82, 2.24) is 20.0 Å². The van der Waals surface area contributed by atoms with Crippen molar-refractivity contribution in [3.63, 3.8) is 0 Å². The minimum atomic E-state index is -0.0267. The van der Waals surface area contributed by atoms with Crippen molar-refractivity contribution in [2.75, 3.05) is 39.3 Å². The van der Waals surface area contributed by atoms with E-state index >= 15 is 0 Å². The van der Waals surface area contributed by atoms with Crippen LogP contribution in [0.1, 0.15) is 25.3 Å². The van der Waals surface area contributed by atoms with Gasteiger partial charge in [-0.05, 0) is 31.9 Å². The molecule has 2 fully saturated rings. The molecule has 1 aromatic rings. The van der Waals surface area contributed by atoms with E-state index in [0.29, 0.717) is 32.7 Å². The fraction of sp³-hybridized carbons (Fsp3) is 0.579. The number of carbonyl (C=O) groups excluding carboxylic acids is 2. The van der Waals surface area contributed by atoms with Crippen LogP contribution in [0.4, 0.5) is 4.79 Å². The lowest BCUT2D eigenvalue weighted by Crippen LogP contribution is -2.56. The van der Waals surface area contributed by atoms with Gasteiger partial charge in [0.1, 0.15) is 0 Å². The Balaban J connectivity index is 1.55. The van der Waals surface area contributed by atoms with Crippen LogP contribution in [0.25, 0.3) is 0 Å². The molecule has 136 valence electrons. The summed E-state index contributed by atoms with van der Waals surface area (Å²) in [4.78, 5) is 30.9. The smallest absolute Gasteiger partial charge is 0.317 e. The summed E-state index contributed by atoms with van der Waals surface area (Å²) in [5.74, 6) is 0.226. The van der Waals surface area contributed by atoms with Gasteiger partial charge >= 0.3 is 6.03 Å². The number of nitrogens with zero attached hydrogens (tertiary/aromatic N) is 3. The van der Waals surface area contributed by atoms with Crippen LogP contribution in [-0.2, 0) is 11.3 Å². The molecule has 6 nitrogen and oxygen atoms in total. The van der Waals surface area contributed by atoms with Crippen LogP contribution in [0, 0.1) is 0 Å². The highest BCUT2D eigenvalue weighted by atomic mass is 16.2. The predicted molar refractivity (Wildman–Crippen MR) is 97.1 cm³/mol. The lowest BCUT2D eigenvalue weighted by molar-refractivity contribution is -0.137. The lowest BCUT2D eigenvalue weighted by Gasteiger charge is -2.37. The number of urea groups is 1. The van der Waals surface area contributed by atoms with Gasteiger partial charge in [0.25, 0.3) is 0 Å². The highest BCUT2D eigenvalue weighted by Gasteiger charge is 2.35. The van der Waals surface area contributed by atoms with E-state index in [-0.39, 0.29) is 18.0 Å². The zero-order chi connectivity index (χ0) is 17.6.